The minimum atomic E-state index is -0.979. The van der Waals surface area contributed by atoms with Crippen molar-refractivity contribution in [2.45, 2.75) is 0 Å². The lowest BCUT2D eigenvalue weighted by Crippen LogP contribution is -2.20. The van der Waals surface area contributed by atoms with Crippen molar-refractivity contribution in [1.82, 2.24) is 9.78 Å². The molecule has 0 saturated carbocycles. The predicted molar refractivity (Wildman–Crippen MR) is 82.2 cm³/mol. The molecule has 0 fully saturated rings. The van der Waals surface area contributed by atoms with Crippen LogP contribution in [0.25, 0.3) is 10.9 Å². The fraction of sp³-hybridized carbons (Fsp3) is 0. The molecule has 0 radical (unpaired) electrons. The van der Waals surface area contributed by atoms with Crippen LogP contribution in [0, 0.1) is 15.9 Å². The monoisotopic (exact) mass is 334 g/mol. The smallest absolute Gasteiger partial charge is 0.306 e. The molecule has 0 aliphatic carbocycles. The topological polar surface area (TPSA) is 90.1 Å². The van der Waals surface area contributed by atoms with E-state index in [-0.39, 0.29) is 5.69 Å². The Morgan fingerprint density at radius 3 is 2.83 bits per heavy atom. The number of hydrogen-bond donors (Lipinski definition) is 1. The first-order valence-electron chi connectivity index (χ1n) is 6.34. The van der Waals surface area contributed by atoms with Gasteiger partial charge in [0.1, 0.15) is 0 Å². The molecule has 116 valence electrons. The molecule has 3 rings (SSSR count). The van der Waals surface area contributed by atoms with Gasteiger partial charge in [0, 0.05) is 22.2 Å². The summed E-state index contributed by atoms with van der Waals surface area (Å²) in [6.07, 6.45) is 1.47. The van der Waals surface area contributed by atoms with Crippen LogP contribution in [-0.4, -0.2) is 20.7 Å². The Labute approximate surface area is 133 Å². The van der Waals surface area contributed by atoms with E-state index in [2.05, 4.69) is 10.4 Å². The number of amides is 1. The highest BCUT2D eigenvalue weighted by atomic mass is 35.5. The predicted octanol–water partition coefficient (Wildman–Crippen LogP) is 3.82. The lowest BCUT2D eigenvalue weighted by molar-refractivity contribution is -0.387. The molecule has 1 heterocycles. The van der Waals surface area contributed by atoms with Gasteiger partial charge < -0.3 is 5.32 Å². The number of benzene rings is 2. The molecule has 9 heteroatoms. The number of aromatic nitrogens is 2. The quantitative estimate of drug-likeness (QED) is 0.570. The molecule has 0 spiro atoms. The molecule has 0 aliphatic rings. The minimum Gasteiger partial charge on any atom is -0.306 e. The van der Waals surface area contributed by atoms with Crippen LogP contribution >= 0.6 is 11.6 Å². The number of carbonyl (C=O) groups is 1. The van der Waals surface area contributed by atoms with Gasteiger partial charge in [0.15, 0.2) is 0 Å². The van der Waals surface area contributed by atoms with Gasteiger partial charge >= 0.3 is 11.7 Å². The number of rotatable bonds is 2. The summed E-state index contributed by atoms with van der Waals surface area (Å²) >= 11 is 5.86. The first-order valence-corrected chi connectivity index (χ1v) is 6.72. The van der Waals surface area contributed by atoms with Crippen LogP contribution < -0.4 is 5.32 Å². The fourth-order valence-corrected chi connectivity index (χ4v) is 2.25. The van der Waals surface area contributed by atoms with Crippen LogP contribution in [0.1, 0.15) is 0 Å². The van der Waals surface area contributed by atoms with Crippen molar-refractivity contribution in [3.8, 4) is 0 Å². The Morgan fingerprint density at radius 1 is 1.30 bits per heavy atom. The maximum atomic E-state index is 13.3. The SMILES string of the molecule is O=C(Nc1ccc(F)c([N+](=O)[O-])c1)n1ncc2cc(Cl)ccc21. The van der Waals surface area contributed by atoms with Crippen LogP contribution in [0.4, 0.5) is 20.6 Å². The maximum absolute atomic E-state index is 13.3. The molecule has 0 aliphatic heterocycles. The molecular weight excluding hydrogens is 327 g/mol. The second kappa shape index (κ2) is 5.65. The number of halogens is 2. The summed E-state index contributed by atoms with van der Waals surface area (Å²) in [5.41, 5.74) is -0.121. The van der Waals surface area contributed by atoms with E-state index in [1.807, 2.05) is 0 Å². The summed E-state index contributed by atoms with van der Waals surface area (Å²) in [6.45, 7) is 0. The van der Waals surface area contributed by atoms with Crippen molar-refractivity contribution in [2.24, 2.45) is 0 Å². The minimum absolute atomic E-state index is 0.0840. The Hall–Kier alpha value is -3.00. The summed E-state index contributed by atoms with van der Waals surface area (Å²) in [6, 6.07) is 7.32. The van der Waals surface area contributed by atoms with E-state index in [1.165, 1.54) is 12.3 Å². The van der Waals surface area contributed by atoms with Crippen LogP contribution in [0.5, 0.6) is 0 Å². The van der Waals surface area contributed by atoms with Crippen LogP contribution in [-0.2, 0) is 0 Å². The fourth-order valence-electron chi connectivity index (χ4n) is 2.07. The highest BCUT2D eigenvalue weighted by Crippen LogP contribution is 2.23. The maximum Gasteiger partial charge on any atom is 0.347 e. The van der Waals surface area contributed by atoms with Crippen molar-refractivity contribution in [2.75, 3.05) is 5.32 Å². The zero-order chi connectivity index (χ0) is 16.6. The van der Waals surface area contributed by atoms with Gasteiger partial charge in [-0.1, -0.05) is 11.6 Å². The summed E-state index contributed by atoms with van der Waals surface area (Å²) in [5, 5.41) is 18.3. The van der Waals surface area contributed by atoms with E-state index in [9.17, 15) is 19.3 Å². The van der Waals surface area contributed by atoms with Crippen LogP contribution in [0.2, 0.25) is 5.02 Å². The van der Waals surface area contributed by atoms with Gasteiger partial charge in [-0.15, -0.1) is 0 Å². The number of nitro benzene ring substituents is 1. The first-order chi connectivity index (χ1) is 11.0. The average molecular weight is 335 g/mol. The summed E-state index contributed by atoms with van der Waals surface area (Å²) in [5.74, 6) is -0.979. The molecule has 0 saturated heterocycles. The van der Waals surface area contributed by atoms with E-state index in [4.69, 9.17) is 11.6 Å². The van der Waals surface area contributed by atoms with Crippen molar-refractivity contribution in [3.05, 3.63) is 63.5 Å². The third-order valence-corrected chi connectivity index (χ3v) is 3.35. The highest BCUT2D eigenvalue weighted by molar-refractivity contribution is 6.31. The molecule has 7 nitrogen and oxygen atoms in total. The normalized spacial score (nSPS) is 10.7. The van der Waals surface area contributed by atoms with E-state index < -0.39 is 22.5 Å². The Balaban J connectivity index is 1.92. The van der Waals surface area contributed by atoms with Gasteiger partial charge in [0.2, 0.25) is 5.82 Å². The average Bonchev–Trinajstić information content (AvgIpc) is 2.91. The molecular formula is C14H8ClFN4O3. The lowest BCUT2D eigenvalue weighted by atomic mass is 10.2. The second-order valence-electron chi connectivity index (χ2n) is 4.61. The van der Waals surface area contributed by atoms with E-state index in [0.717, 1.165) is 16.8 Å². The number of carbonyl (C=O) groups excluding carboxylic acids is 1. The van der Waals surface area contributed by atoms with Gasteiger partial charge in [0.05, 0.1) is 16.6 Å². The largest absolute Gasteiger partial charge is 0.347 e. The number of nitrogens with one attached hydrogen (secondary N) is 1. The van der Waals surface area contributed by atoms with Gasteiger partial charge in [-0.05, 0) is 30.3 Å². The first kappa shape index (κ1) is 14.9. The summed E-state index contributed by atoms with van der Waals surface area (Å²) in [4.78, 5) is 22.1. The molecule has 0 atom stereocenters. The summed E-state index contributed by atoms with van der Waals surface area (Å²) < 4.78 is 14.4. The van der Waals surface area contributed by atoms with Gasteiger partial charge in [-0.3, -0.25) is 10.1 Å². The molecule has 1 aromatic heterocycles. The van der Waals surface area contributed by atoms with E-state index in [0.29, 0.717) is 15.9 Å². The van der Waals surface area contributed by atoms with Crippen molar-refractivity contribution in [3.63, 3.8) is 0 Å². The van der Waals surface area contributed by atoms with Crippen LogP contribution in [0.15, 0.2) is 42.6 Å². The van der Waals surface area contributed by atoms with Crippen molar-refractivity contribution >= 4 is 39.9 Å². The standard InChI is InChI=1S/C14H8ClFN4O3/c15-9-1-4-12-8(5-9)7-17-19(12)14(21)18-10-2-3-11(16)13(6-10)20(22)23/h1-7H,(H,18,21). The van der Waals surface area contributed by atoms with Crippen molar-refractivity contribution < 1.29 is 14.1 Å². The van der Waals surface area contributed by atoms with Gasteiger partial charge in [-0.25, -0.2) is 4.79 Å². The molecule has 2 aromatic carbocycles. The second-order valence-corrected chi connectivity index (χ2v) is 5.05. The third kappa shape index (κ3) is 2.84. The van der Waals surface area contributed by atoms with Gasteiger partial charge in [0.25, 0.3) is 0 Å². The van der Waals surface area contributed by atoms with E-state index >= 15 is 0 Å². The number of hydrogen-bond acceptors (Lipinski definition) is 4. The zero-order valence-corrected chi connectivity index (χ0v) is 12.1. The number of anilines is 1. The Bertz CT molecular complexity index is 941. The third-order valence-electron chi connectivity index (χ3n) is 3.12. The molecule has 1 amide bonds. The molecule has 0 unspecified atom stereocenters. The molecule has 23 heavy (non-hydrogen) atoms. The number of fused-ring (bicyclic) bond motifs is 1. The number of nitro groups is 1. The Morgan fingerprint density at radius 2 is 2.09 bits per heavy atom. The summed E-state index contributed by atoms with van der Waals surface area (Å²) in [7, 11) is 0. The number of nitrogens with zero attached hydrogens (tertiary/aromatic N) is 3. The lowest BCUT2D eigenvalue weighted by Gasteiger charge is -2.06. The zero-order valence-electron chi connectivity index (χ0n) is 11.4. The van der Waals surface area contributed by atoms with Crippen molar-refractivity contribution in [1.29, 1.82) is 0 Å². The molecule has 3 aromatic rings. The molecule has 0 bridgehead atoms. The van der Waals surface area contributed by atoms with E-state index in [1.54, 1.807) is 18.2 Å². The highest BCUT2D eigenvalue weighted by Gasteiger charge is 2.17. The van der Waals surface area contributed by atoms with Gasteiger partial charge in [-0.2, -0.15) is 14.2 Å². The van der Waals surface area contributed by atoms with Crippen LogP contribution in [0.3, 0.4) is 0 Å². The molecule has 1 N–H and O–H groups in total. The Kier molecular flexibility index (Phi) is 3.67.